The number of rotatable bonds is 5. The molecule has 0 spiro atoms. The van der Waals surface area contributed by atoms with Crippen molar-refractivity contribution in [3.05, 3.63) is 76.6 Å². The Labute approximate surface area is 206 Å². The molecule has 0 bridgehead atoms. The van der Waals surface area contributed by atoms with Gasteiger partial charge in [-0.3, -0.25) is 0 Å². The van der Waals surface area contributed by atoms with E-state index in [9.17, 15) is 26.3 Å². The summed E-state index contributed by atoms with van der Waals surface area (Å²) >= 11 is 0. The number of halogens is 6. The normalized spacial score (nSPS) is 18.1. The summed E-state index contributed by atoms with van der Waals surface area (Å²) in [5.41, 5.74) is 0.637. The average Bonchev–Trinajstić information content (AvgIpc) is 2.83. The average molecular weight is 505 g/mol. The quantitative estimate of drug-likeness (QED) is 0.249. The van der Waals surface area contributed by atoms with Crippen LogP contribution in [-0.4, -0.2) is 6.36 Å². The first-order valence-electron chi connectivity index (χ1n) is 12.1. The second-order valence-electron chi connectivity index (χ2n) is 9.33. The van der Waals surface area contributed by atoms with Gasteiger partial charge in [-0.2, -0.15) is 0 Å². The van der Waals surface area contributed by atoms with Crippen molar-refractivity contribution in [1.29, 1.82) is 0 Å². The van der Waals surface area contributed by atoms with Gasteiger partial charge in [0.1, 0.15) is 11.6 Å². The highest BCUT2D eigenvalue weighted by Crippen LogP contribution is 2.38. The topological polar surface area (TPSA) is 9.23 Å². The van der Waals surface area contributed by atoms with Crippen LogP contribution in [0.3, 0.4) is 0 Å². The van der Waals surface area contributed by atoms with Crippen LogP contribution in [0.1, 0.15) is 74.5 Å². The number of unbranched alkanes of at least 4 members (excludes halogenated alkanes) is 1. The molecule has 0 radical (unpaired) electrons. The van der Waals surface area contributed by atoms with E-state index in [-0.39, 0.29) is 22.3 Å². The molecule has 1 fully saturated rings. The predicted octanol–water partition coefficient (Wildman–Crippen LogP) is 9.02. The van der Waals surface area contributed by atoms with Crippen LogP contribution in [-0.2, 0) is 0 Å². The van der Waals surface area contributed by atoms with Gasteiger partial charge in [0.15, 0.2) is 11.6 Å². The van der Waals surface area contributed by atoms with E-state index in [1.54, 1.807) is 0 Å². The number of hydrogen-bond acceptors (Lipinski definition) is 1. The van der Waals surface area contributed by atoms with Crippen molar-refractivity contribution in [2.45, 2.75) is 64.1 Å². The molecule has 0 saturated heterocycles. The van der Waals surface area contributed by atoms with Crippen LogP contribution in [0.4, 0.5) is 26.3 Å². The molecule has 36 heavy (non-hydrogen) atoms. The lowest BCUT2D eigenvalue weighted by atomic mass is 9.77. The van der Waals surface area contributed by atoms with Gasteiger partial charge in [-0.25, -0.2) is 13.2 Å². The van der Waals surface area contributed by atoms with E-state index in [4.69, 9.17) is 0 Å². The first kappa shape index (κ1) is 25.9. The zero-order valence-electron chi connectivity index (χ0n) is 19.8. The lowest BCUT2D eigenvalue weighted by molar-refractivity contribution is -0.275. The molecule has 0 heterocycles. The molecule has 3 aromatic rings. The second kappa shape index (κ2) is 10.9. The molecule has 0 amide bonds. The Kier molecular flexibility index (Phi) is 7.82. The predicted molar refractivity (Wildman–Crippen MR) is 127 cm³/mol. The van der Waals surface area contributed by atoms with E-state index >= 15 is 0 Å². The van der Waals surface area contributed by atoms with E-state index in [1.165, 1.54) is 55.7 Å². The Bertz CT molecular complexity index is 1270. The Hall–Kier alpha value is -3.14. The summed E-state index contributed by atoms with van der Waals surface area (Å²) in [7, 11) is 0. The SMILES string of the molecule is CCCCC1CCC(c2cc(F)c(C#Cc3ccc4c(F)c(OC(F)(F)F)ccc4c3)c(F)c2)CC1. The summed E-state index contributed by atoms with van der Waals surface area (Å²) in [6.07, 6.45) is 2.56. The zero-order valence-corrected chi connectivity index (χ0v) is 19.8. The summed E-state index contributed by atoms with van der Waals surface area (Å²) in [6.45, 7) is 2.17. The van der Waals surface area contributed by atoms with Crippen LogP contribution < -0.4 is 4.74 Å². The van der Waals surface area contributed by atoms with Gasteiger partial charge in [-0.05, 0) is 78.8 Å². The first-order chi connectivity index (χ1) is 17.1. The van der Waals surface area contributed by atoms with Gasteiger partial charge in [0.25, 0.3) is 0 Å². The summed E-state index contributed by atoms with van der Waals surface area (Å²) in [6, 6.07) is 8.92. The van der Waals surface area contributed by atoms with E-state index in [2.05, 4.69) is 23.5 Å². The molecule has 7 heteroatoms. The fourth-order valence-corrected chi connectivity index (χ4v) is 4.91. The molecule has 4 rings (SSSR count). The largest absolute Gasteiger partial charge is 0.573 e. The molecule has 0 aromatic heterocycles. The van der Waals surface area contributed by atoms with Crippen molar-refractivity contribution >= 4 is 10.8 Å². The van der Waals surface area contributed by atoms with Gasteiger partial charge in [0, 0.05) is 10.9 Å². The number of alkyl halides is 3. The molecule has 0 atom stereocenters. The van der Waals surface area contributed by atoms with Crippen molar-refractivity contribution in [3.8, 4) is 17.6 Å². The number of hydrogen-bond donors (Lipinski definition) is 0. The third-order valence-corrected chi connectivity index (χ3v) is 6.82. The van der Waals surface area contributed by atoms with E-state index in [1.807, 2.05) is 0 Å². The molecule has 1 aliphatic carbocycles. The molecule has 1 aliphatic rings. The summed E-state index contributed by atoms with van der Waals surface area (Å²) in [4.78, 5) is 0. The lowest BCUT2D eigenvalue weighted by Gasteiger charge is -2.29. The van der Waals surface area contributed by atoms with Crippen LogP contribution >= 0.6 is 0 Å². The van der Waals surface area contributed by atoms with Crippen LogP contribution in [0.15, 0.2) is 42.5 Å². The maximum atomic E-state index is 14.8. The molecule has 1 nitrogen and oxygen atoms in total. The number of fused-ring (bicyclic) bond motifs is 1. The number of benzene rings is 3. The third-order valence-electron chi connectivity index (χ3n) is 6.82. The minimum absolute atomic E-state index is 0.0894. The molecule has 190 valence electrons. The number of ether oxygens (including phenoxy) is 1. The molecule has 0 aliphatic heterocycles. The fourth-order valence-electron chi connectivity index (χ4n) is 4.91. The second-order valence-corrected chi connectivity index (χ2v) is 9.33. The molecular weight excluding hydrogens is 478 g/mol. The van der Waals surface area contributed by atoms with Gasteiger partial charge in [0.05, 0.1) is 5.56 Å². The monoisotopic (exact) mass is 504 g/mol. The van der Waals surface area contributed by atoms with Crippen molar-refractivity contribution in [2.75, 3.05) is 0 Å². The molecule has 0 N–H and O–H groups in total. The zero-order chi connectivity index (χ0) is 25.9. The van der Waals surface area contributed by atoms with Gasteiger partial charge < -0.3 is 4.74 Å². The summed E-state index contributed by atoms with van der Waals surface area (Å²) in [5.74, 6) is 2.46. The minimum Gasteiger partial charge on any atom is -0.403 e. The highest BCUT2D eigenvalue weighted by Gasteiger charge is 2.32. The standard InChI is InChI=1S/C29H26F6O/c1-2-3-4-18-5-9-20(10-6-18)22-16-25(30)24(26(31)17-22)13-8-19-7-12-23-21(15-19)11-14-27(28(23)32)36-29(33,34)35/h7,11-12,14-18,20H,2-6,9-10H2,1H3. The van der Waals surface area contributed by atoms with Gasteiger partial charge >= 0.3 is 6.36 Å². The van der Waals surface area contributed by atoms with Crippen LogP contribution in [0.2, 0.25) is 0 Å². The van der Waals surface area contributed by atoms with E-state index in [0.717, 1.165) is 31.7 Å². The molecule has 1 saturated carbocycles. The van der Waals surface area contributed by atoms with Gasteiger partial charge in [0.2, 0.25) is 0 Å². The lowest BCUT2D eigenvalue weighted by Crippen LogP contribution is -2.17. The summed E-state index contributed by atoms with van der Waals surface area (Å²) < 4.78 is 85.0. The molecular formula is C29H26F6O. The summed E-state index contributed by atoms with van der Waals surface area (Å²) in [5, 5.41) is 0.188. The Morgan fingerprint density at radius 3 is 2.22 bits per heavy atom. The smallest absolute Gasteiger partial charge is 0.403 e. The minimum atomic E-state index is -5.02. The van der Waals surface area contributed by atoms with Crippen LogP contribution in [0.25, 0.3) is 10.8 Å². The van der Waals surface area contributed by atoms with Crippen molar-refractivity contribution in [1.82, 2.24) is 0 Å². The van der Waals surface area contributed by atoms with Crippen molar-refractivity contribution in [2.24, 2.45) is 5.92 Å². The molecule has 0 unspecified atom stereocenters. The first-order valence-corrected chi connectivity index (χ1v) is 12.1. The highest BCUT2D eigenvalue weighted by atomic mass is 19.4. The van der Waals surface area contributed by atoms with Crippen LogP contribution in [0, 0.1) is 35.2 Å². The fraction of sp³-hybridized carbons (Fsp3) is 0.379. The van der Waals surface area contributed by atoms with Gasteiger partial charge in [-0.1, -0.05) is 50.2 Å². The van der Waals surface area contributed by atoms with Crippen molar-refractivity contribution < 1.29 is 31.1 Å². The molecule has 3 aromatic carbocycles. The highest BCUT2D eigenvalue weighted by molar-refractivity contribution is 5.86. The van der Waals surface area contributed by atoms with E-state index < -0.39 is 29.6 Å². The maximum Gasteiger partial charge on any atom is 0.573 e. The Balaban J connectivity index is 1.51. The van der Waals surface area contributed by atoms with E-state index in [0.29, 0.717) is 17.0 Å². The maximum absolute atomic E-state index is 14.8. The van der Waals surface area contributed by atoms with Crippen molar-refractivity contribution in [3.63, 3.8) is 0 Å². The van der Waals surface area contributed by atoms with Gasteiger partial charge in [-0.15, -0.1) is 13.2 Å². The Morgan fingerprint density at radius 2 is 1.58 bits per heavy atom. The Morgan fingerprint density at radius 1 is 0.889 bits per heavy atom. The van der Waals surface area contributed by atoms with Crippen LogP contribution in [0.5, 0.6) is 5.75 Å². The third kappa shape index (κ3) is 6.16.